The molecule has 0 bridgehead atoms. The SMILES string of the molecule is CC(=O)c1csc(NC(=O)c2cc(N)cn2C(C)C)n1. The minimum Gasteiger partial charge on any atom is -0.397 e. The fourth-order valence-electron chi connectivity index (χ4n) is 1.76. The molecule has 0 aliphatic carbocycles. The predicted molar refractivity (Wildman–Crippen MR) is 79.3 cm³/mol. The molecule has 0 aromatic carbocycles. The van der Waals surface area contributed by atoms with Gasteiger partial charge in [0, 0.05) is 24.5 Å². The zero-order chi connectivity index (χ0) is 14.9. The first-order chi connectivity index (χ1) is 9.38. The van der Waals surface area contributed by atoms with Gasteiger partial charge in [-0.3, -0.25) is 14.9 Å². The van der Waals surface area contributed by atoms with Crippen LogP contribution in [0.5, 0.6) is 0 Å². The van der Waals surface area contributed by atoms with Crippen molar-refractivity contribution in [2.24, 2.45) is 0 Å². The number of ketones is 1. The van der Waals surface area contributed by atoms with Crippen LogP contribution in [0.3, 0.4) is 0 Å². The highest BCUT2D eigenvalue weighted by molar-refractivity contribution is 7.14. The van der Waals surface area contributed by atoms with E-state index in [1.54, 1.807) is 22.2 Å². The molecule has 0 aliphatic rings. The lowest BCUT2D eigenvalue weighted by Gasteiger charge is -2.11. The molecule has 2 aromatic heterocycles. The third-order valence-electron chi connectivity index (χ3n) is 2.74. The molecule has 0 fully saturated rings. The zero-order valence-corrected chi connectivity index (χ0v) is 12.3. The van der Waals surface area contributed by atoms with Crippen LogP contribution >= 0.6 is 11.3 Å². The third kappa shape index (κ3) is 2.88. The number of nitrogens with one attached hydrogen (secondary N) is 1. The summed E-state index contributed by atoms with van der Waals surface area (Å²) in [6.07, 6.45) is 1.72. The first-order valence-corrected chi connectivity index (χ1v) is 7.01. The second-order valence-electron chi connectivity index (χ2n) is 4.71. The summed E-state index contributed by atoms with van der Waals surface area (Å²) in [5.41, 5.74) is 7.09. The Morgan fingerprint density at radius 3 is 2.70 bits per heavy atom. The summed E-state index contributed by atoms with van der Waals surface area (Å²) >= 11 is 1.22. The Morgan fingerprint density at radius 2 is 2.15 bits per heavy atom. The van der Waals surface area contributed by atoms with Crippen molar-refractivity contribution in [3.05, 3.63) is 29.0 Å². The first kappa shape index (κ1) is 14.3. The predicted octanol–water partition coefficient (Wildman–Crippen LogP) is 2.56. The molecule has 0 saturated carbocycles. The molecule has 6 nitrogen and oxygen atoms in total. The molecule has 2 aromatic rings. The third-order valence-corrected chi connectivity index (χ3v) is 3.50. The molecule has 0 atom stereocenters. The van der Waals surface area contributed by atoms with Crippen LogP contribution in [0.15, 0.2) is 17.6 Å². The summed E-state index contributed by atoms with van der Waals surface area (Å²) in [6, 6.07) is 1.74. The maximum atomic E-state index is 12.2. The number of carbonyl (C=O) groups excluding carboxylic acids is 2. The molecule has 0 unspecified atom stereocenters. The number of hydrogen-bond acceptors (Lipinski definition) is 5. The zero-order valence-electron chi connectivity index (χ0n) is 11.5. The second-order valence-corrected chi connectivity index (χ2v) is 5.57. The van der Waals surface area contributed by atoms with E-state index in [1.165, 1.54) is 18.3 Å². The Bertz CT molecular complexity index is 657. The molecule has 2 heterocycles. The van der Waals surface area contributed by atoms with Gasteiger partial charge in [-0.25, -0.2) is 4.98 Å². The van der Waals surface area contributed by atoms with Gasteiger partial charge in [0.15, 0.2) is 10.9 Å². The van der Waals surface area contributed by atoms with Crippen molar-refractivity contribution in [2.75, 3.05) is 11.1 Å². The number of nitrogens with zero attached hydrogens (tertiary/aromatic N) is 2. The molecule has 7 heteroatoms. The van der Waals surface area contributed by atoms with Crippen LogP contribution in [0, 0.1) is 0 Å². The highest BCUT2D eigenvalue weighted by Gasteiger charge is 2.16. The van der Waals surface area contributed by atoms with Crippen molar-refractivity contribution in [1.29, 1.82) is 0 Å². The normalized spacial score (nSPS) is 10.8. The largest absolute Gasteiger partial charge is 0.397 e. The van der Waals surface area contributed by atoms with E-state index >= 15 is 0 Å². The second kappa shape index (κ2) is 5.46. The van der Waals surface area contributed by atoms with Gasteiger partial charge in [-0.05, 0) is 19.9 Å². The molecule has 0 saturated heterocycles. The number of carbonyl (C=O) groups is 2. The van der Waals surface area contributed by atoms with E-state index < -0.39 is 0 Å². The molecular formula is C13H16N4O2S. The molecule has 0 radical (unpaired) electrons. The van der Waals surface area contributed by atoms with Crippen LogP contribution < -0.4 is 11.1 Å². The van der Waals surface area contributed by atoms with Crippen LogP contribution in [-0.2, 0) is 0 Å². The van der Waals surface area contributed by atoms with Crippen molar-refractivity contribution in [3.8, 4) is 0 Å². The number of hydrogen-bond donors (Lipinski definition) is 2. The fraction of sp³-hybridized carbons (Fsp3) is 0.308. The van der Waals surface area contributed by atoms with Gasteiger partial charge in [-0.1, -0.05) is 0 Å². The number of nitrogens with two attached hydrogens (primary N) is 1. The summed E-state index contributed by atoms with van der Waals surface area (Å²) in [4.78, 5) is 27.5. The number of thiazole rings is 1. The van der Waals surface area contributed by atoms with Gasteiger partial charge >= 0.3 is 0 Å². The number of aromatic nitrogens is 2. The maximum Gasteiger partial charge on any atom is 0.274 e. The van der Waals surface area contributed by atoms with E-state index in [1.807, 2.05) is 13.8 Å². The van der Waals surface area contributed by atoms with Gasteiger partial charge in [-0.15, -0.1) is 11.3 Å². The number of rotatable bonds is 4. The van der Waals surface area contributed by atoms with Crippen LogP contribution in [0.2, 0.25) is 0 Å². The Labute approximate surface area is 120 Å². The molecule has 0 aliphatic heterocycles. The monoisotopic (exact) mass is 292 g/mol. The topological polar surface area (TPSA) is 90.0 Å². The van der Waals surface area contributed by atoms with Crippen LogP contribution in [0.4, 0.5) is 10.8 Å². The van der Waals surface area contributed by atoms with E-state index in [0.29, 0.717) is 22.2 Å². The summed E-state index contributed by atoms with van der Waals surface area (Å²) in [6.45, 7) is 5.37. The van der Waals surface area contributed by atoms with E-state index in [4.69, 9.17) is 5.73 Å². The Balaban J connectivity index is 2.21. The number of amides is 1. The van der Waals surface area contributed by atoms with E-state index in [9.17, 15) is 9.59 Å². The first-order valence-electron chi connectivity index (χ1n) is 6.13. The molecule has 0 spiro atoms. The van der Waals surface area contributed by atoms with E-state index in [-0.39, 0.29) is 17.7 Å². The van der Waals surface area contributed by atoms with Crippen molar-refractivity contribution in [2.45, 2.75) is 26.8 Å². The molecule has 20 heavy (non-hydrogen) atoms. The summed E-state index contributed by atoms with van der Waals surface area (Å²) in [7, 11) is 0. The minimum atomic E-state index is -0.292. The van der Waals surface area contributed by atoms with Gasteiger partial charge in [-0.2, -0.15) is 0 Å². The standard InChI is InChI=1S/C13H16N4O2S/c1-7(2)17-5-9(14)4-11(17)12(19)16-13-15-10(6-20-13)8(3)18/h4-7H,14H2,1-3H3,(H,15,16,19). The molecule has 3 N–H and O–H groups in total. The summed E-state index contributed by atoms with van der Waals surface area (Å²) < 4.78 is 1.80. The fourth-order valence-corrected chi connectivity index (χ4v) is 2.51. The van der Waals surface area contributed by atoms with Crippen molar-refractivity contribution in [3.63, 3.8) is 0 Å². The van der Waals surface area contributed by atoms with Crippen LogP contribution in [0.25, 0.3) is 0 Å². The van der Waals surface area contributed by atoms with Gasteiger partial charge in [0.1, 0.15) is 11.4 Å². The lowest BCUT2D eigenvalue weighted by atomic mass is 10.3. The number of nitrogen functional groups attached to an aromatic ring is 1. The minimum absolute atomic E-state index is 0.122. The Morgan fingerprint density at radius 1 is 1.45 bits per heavy atom. The molecular weight excluding hydrogens is 276 g/mol. The Kier molecular flexibility index (Phi) is 3.89. The maximum absolute atomic E-state index is 12.2. The highest BCUT2D eigenvalue weighted by Crippen LogP contribution is 2.20. The average Bonchev–Trinajstić information content (AvgIpc) is 2.95. The molecule has 2 rings (SSSR count). The van der Waals surface area contributed by atoms with Crippen molar-refractivity contribution >= 4 is 33.8 Å². The van der Waals surface area contributed by atoms with Crippen molar-refractivity contribution in [1.82, 2.24) is 9.55 Å². The lowest BCUT2D eigenvalue weighted by molar-refractivity contribution is 0.0999. The lowest BCUT2D eigenvalue weighted by Crippen LogP contribution is -2.17. The number of anilines is 2. The smallest absolute Gasteiger partial charge is 0.274 e. The average molecular weight is 292 g/mol. The van der Waals surface area contributed by atoms with Crippen molar-refractivity contribution < 1.29 is 9.59 Å². The number of Topliss-reactive ketones (excluding diaryl/α,β-unsaturated/α-hetero) is 1. The quantitative estimate of drug-likeness (QED) is 0.847. The molecule has 1 amide bonds. The Hall–Kier alpha value is -2.15. The van der Waals surface area contributed by atoms with Gasteiger partial charge < -0.3 is 10.3 Å². The summed E-state index contributed by atoms with van der Waals surface area (Å²) in [5, 5.41) is 4.70. The molecule has 106 valence electrons. The summed E-state index contributed by atoms with van der Waals surface area (Å²) in [5.74, 6) is -0.420. The van der Waals surface area contributed by atoms with Gasteiger partial charge in [0.05, 0.1) is 5.69 Å². The van der Waals surface area contributed by atoms with Gasteiger partial charge in [0.25, 0.3) is 5.91 Å². The highest BCUT2D eigenvalue weighted by atomic mass is 32.1. The van der Waals surface area contributed by atoms with E-state index in [0.717, 1.165) is 0 Å². The van der Waals surface area contributed by atoms with Crippen LogP contribution in [0.1, 0.15) is 47.8 Å². The van der Waals surface area contributed by atoms with Crippen LogP contribution in [-0.4, -0.2) is 21.2 Å². The van der Waals surface area contributed by atoms with Gasteiger partial charge in [0.2, 0.25) is 0 Å². The van der Waals surface area contributed by atoms with E-state index in [2.05, 4.69) is 10.3 Å².